The molecule has 3 atom stereocenters. The molecule has 2 fully saturated rings. The summed E-state index contributed by atoms with van der Waals surface area (Å²) in [5.41, 5.74) is 1.02. The van der Waals surface area contributed by atoms with Gasteiger partial charge >= 0.3 is 0 Å². The minimum atomic E-state index is 0.424. The fourth-order valence-corrected chi connectivity index (χ4v) is 4.17. The summed E-state index contributed by atoms with van der Waals surface area (Å²) in [4.78, 5) is 0. The zero-order valence-electron chi connectivity index (χ0n) is 11.4. The van der Waals surface area contributed by atoms with Crippen molar-refractivity contribution in [3.05, 3.63) is 36.1 Å². The van der Waals surface area contributed by atoms with Crippen LogP contribution in [0.1, 0.15) is 38.0 Å². The van der Waals surface area contributed by atoms with E-state index >= 15 is 0 Å². The fourth-order valence-electron chi connectivity index (χ4n) is 4.17. The molecule has 2 nitrogen and oxygen atoms in total. The first-order chi connectivity index (χ1) is 9.38. The van der Waals surface area contributed by atoms with Gasteiger partial charge in [0.15, 0.2) is 0 Å². The maximum atomic E-state index is 6.09. The normalized spacial score (nSPS) is 30.5. The van der Waals surface area contributed by atoms with Crippen molar-refractivity contribution in [3.63, 3.8) is 0 Å². The van der Waals surface area contributed by atoms with Gasteiger partial charge in [-0.05, 0) is 49.3 Å². The van der Waals surface area contributed by atoms with Gasteiger partial charge in [0.05, 0.1) is 6.04 Å². The molecule has 0 bridgehead atoms. The Morgan fingerprint density at radius 1 is 1.26 bits per heavy atom. The van der Waals surface area contributed by atoms with Crippen molar-refractivity contribution in [2.75, 3.05) is 6.54 Å². The molecular weight excluding hydrogens is 234 g/mol. The Hall–Kier alpha value is -1.28. The molecule has 1 aromatic heterocycles. The first-order valence-corrected chi connectivity index (χ1v) is 7.60. The molecule has 2 heteroatoms. The molecule has 2 aliphatic carbocycles. The molecule has 0 spiro atoms. The van der Waals surface area contributed by atoms with Crippen molar-refractivity contribution in [3.8, 4) is 0 Å². The zero-order valence-corrected chi connectivity index (χ0v) is 11.4. The molecule has 0 radical (unpaired) electrons. The fraction of sp³-hybridized carbons (Fsp3) is 0.529. The Kier molecular flexibility index (Phi) is 2.66. The number of para-hydroxylation sites is 1. The molecule has 2 aliphatic rings. The van der Waals surface area contributed by atoms with Crippen LogP contribution in [0.2, 0.25) is 0 Å². The third-order valence-corrected chi connectivity index (χ3v) is 5.03. The second-order valence-electron chi connectivity index (χ2n) is 6.06. The van der Waals surface area contributed by atoms with E-state index in [2.05, 4.69) is 36.5 Å². The lowest BCUT2D eigenvalue weighted by atomic mass is 10.0. The molecule has 1 heterocycles. The highest BCUT2D eigenvalue weighted by Gasteiger charge is 2.56. The summed E-state index contributed by atoms with van der Waals surface area (Å²) in [6.07, 6.45) is 4.29. The van der Waals surface area contributed by atoms with Gasteiger partial charge in [0.2, 0.25) is 0 Å². The predicted molar refractivity (Wildman–Crippen MR) is 77.0 cm³/mol. The monoisotopic (exact) mass is 255 g/mol. The van der Waals surface area contributed by atoms with E-state index in [-0.39, 0.29) is 0 Å². The van der Waals surface area contributed by atoms with Gasteiger partial charge in [0.1, 0.15) is 11.3 Å². The van der Waals surface area contributed by atoms with Crippen LogP contribution in [0.5, 0.6) is 0 Å². The standard InChI is InChI=1S/C17H21NO/c1-2-18-17(16-12-7-5-8-13(12)16)15-10-11-6-3-4-9-14(11)19-15/h3-4,6,9-10,12-13,16-18H,2,5,7-8H2,1H3. The number of hydrogen-bond donors (Lipinski definition) is 1. The van der Waals surface area contributed by atoms with Crippen LogP contribution in [-0.4, -0.2) is 6.54 Å². The van der Waals surface area contributed by atoms with Gasteiger partial charge in [0.25, 0.3) is 0 Å². The van der Waals surface area contributed by atoms with Crippen LogP contribution in [0.3, 0.4) is 0 Å². The molecule has 1 aromatic carbocycles. The molecule has 1 N–H and O–H groups in total. The first kappa shape index (κ1) is 11.5. The van der Waals surface area contributed by atoms with Crippen molar-refractivity contribution >= 4 is 11.0 Å². The lowest BCUT2D eigenvalue weighted by Gasteiger charge is -2.17. The molecule has 2 aromatic rings. The van der Waals surface area contributed by atoms with Crippen LogP contribution in [-0.2, 0) is 0 Å². The van der Waals surface area contributed by atoms with E-state index in [1.807, 2.05) is 6.07 Å². The molecule has 100 valence electrons. The van der Waals surface area contributed by atoms with Gasteiger partial charge in [-0.25, -0.2) is 0 Å². The third kappa shape index (κ3) is 1.81. The minimum absolute atomic E-state index is 0.424. The molecule has 3 unspecified atom stereocenters. The van der Waals surface area contributed by atoms with E-state index in [9.17, 15) is 0 Å². The molecule has 4 rings (SSSR count). The van der Waals surface area contributed by atoms with Crippen molar-refractivity contribution in [2.24, 2.45) is 17.8 Å². The van der Waals surface area contributed by atoms with Crippen LogP contribution in [0.4, 0.5) is 0 Å². The number of fused-ring (bicyclic) bond motifs is 2. The van der Waals surface area contributed by atoms with Gasteiger partial charge in [-0.3, -0.25) is 0 Å². The predicted octanol–water partition coefficient (Wildman–Crippen LogP) is 4.13. The van der Waals surface area contributed by atoms with E-state index in [0.29, 0.717) is 6.04 Å². The lowest BCUT2D eigenvalue weighted by Crippen LogP contribution is -2.24. The van der Waals surface area contributed by atoms with Gasteiger partial charge < -0.3 is 9.73 Å². The highest BCUT2D eigenvalue weighted by molar-refractivity contribution is 5.77. The molecule has 0 aliphatic heterocycles. The van der Waals surface area contributed by atoms with E-state index in [1.54, 1.807) is 0 Å². The summed E-state index contributed by atoms with van der Waals surface area (Å²) in [5, 5.41) is 4.88. The average molecular weight is 255 g/mol. The largest absolute Gasteiger partial charge is 0.459 e. The number of furan rings is 1. The highest BCUT2D eigenvalue weighted by Crippen LogP contribution is 2.62. The number of rotatable bonds is 4. The zero-order chi connectivity index (χ0) is 12.8. The van der Waals surface area contributed by atoms with Crippen molar-refractivity contribution < 1.29 is 4.42 Å². The minimum Gasteiger partial charge on any atom is -0.459 e. The Morgan fingerprint density at radius 2 is 2.05 bits per heavy atom. The second kappa shape index (κ2) is 4.38. The van der Waals surface area contributed by atoms with Crippen LogP contribution in [0, 0.1) is 17.8 Å². The Balaban J connectivity index is 1.66. The summed E-state index contributed by atoms with van der Waals surface area (Å²) >= 11 is 0. The first-order valence-electron chi connectivity index (χ1n) is 7.60. The topological polar surface area (TPSA) is 25.2 Å². The number of nitrogens with one attached hydrogen (secondary N) is 1. The molecular formula is C17H21NO. The Bertz CT molecular complexity index is 545. The summed E-state index contributed by atoms with van der Waals surface area (Å²) < 4.78 is 6.09. The van der Waals surface area contributed by atoms with Gasteiger partial charge in [-0.15, -0.1) is 0 Å². The number of hydrogen-bond acceptors (Lipinski definition) is 2. The Morgan fingerprint density at radius 3 is 2.79 bits per heavy atom. The summed E-state index contributed by atoms with van der Waals surface area (Å²) in [6, 6.07) is 11.0. The van der Waals surface area contributed by atoms with Crippen molar-refractivity contribution in [1.82, 2.24) is 5.32 Å². The lowest BCUT2D eigenvalue weighted by molar-refractivity contribution is 0.364. The summed E-state index contributed by atoms with van der Waals surface area (Å²) in [7, 11) is 0. The summed E-state index contributed by atoms with van der Waals surface area (Å²) in [6.45, 7) is 3.20. The number of benzene rings is 1. The second-order valence-corrected chi connectivity index (χ2v) is 6.06. The van der Waals surface area contributed by atoms with E-state index in [0.717, 1.165) is 35.6 Å². The van der Waals surface area contributed by atoms with E-state index in [1.165, 1.54) is 24.6 Å². The summed E-state index contributed by atoms with van der Waals surface area (Å²) in [5.74, 6) is 3.87. The van der Waals surface area contributed by atoms with Crippen LogP contribution >= 0.6 is 0 Å². The van der Waals surface area contributed by atoms with E-state index in [4.69, 9.17) is 4.42 Å². The van der Waals surface area contributed by atoms with Crippen LogP contribution < -0.4 is 5.32 Å². The van der Waals surface area contributed by atoms with Crippen LogP contribution in [0.15, 0.2) is 34.7 Å². The van der Waals surface area contributed by atoms with Gasteiger partial charge in [-0.2, -0.15) is 0 Å². The van der Waals surface area contributed by atoms with E-state index < -0.39 is 0 Å². The Labute approximate surface area is 114 Å². The molecule has 19 heavy (non-hydrogen) atoms. The van der Waals surface area contributed by atoms with Gasteiger partial charge in [-0.1, -0.05) is 31.5 Å². The maximum absolute atomic E-state index is 6.09. The molecule has 0 amide bonds. The highest BCUT2D eigenvalue weighted by atomic mass is 16.3. The molecule has 0 saturated heterocycles. The smallest absolute Gasteiger partial charge is 0.134 e. The van der Waals surface area contributed by atoms with Crippen molar-refractivity contribution in [2.45, 2.75) is 32.2 Å². The van der Waals surface area contributed by atoms with Gasteiger partial charge in [0, 0.05) is 5.39 Å². The third-order valence-electron chi connectivity index (χ3n) is 5.03. The SMILES string of the molecule is CCNC(c1cc2ccccc2o1)C1C2CCCC21. The quantitative estimate of drug-likeness (QED) is 0.888. The molecule has 2 saturated carbocycles. The van der Waals surface area contributed by atoms with Crippen molar-refractivity contribution in [1.29, 1.82) is 0 Å². The maximum Gasteiger partial charge on any atom is 0.134 e. The average Bonchev–Trinajstić information content (AvgIpc) is 2.84. The van der Waals surface area contributed by atoms with Crippen LogP contribution in [0.25, 0.3) is 11.0 Å².